The van der Waals surface area contributed by atoms with Crippen LogP contribution < -0.4 is 10.2 Å². The van der Waals surface area contributed by atoms with E-state index < -0.39 is 6.03 Å². The fraction of sp³-hybridized carbons (Fsp3) is 0.143. The van der Waals surface area contributed by atoms with Crippen LogP contribution in [0.2, 0.25) is 0 Å². The zero-order valence-electron chi connectivity index (χ0n) is 10.5. The number of anilines is 1. The van der Waals surface area contributed by atoms with Gasteiger partial charge in [0.25, 0.3) is 0 Å². The van der Waals surface area contributed by atoms with Crippen LogP contribution in [0.25, 0.3) is 10.9 Å². The highest BCUT2D eigenvalue weighted by Gasteiger charge is 2.25. The van der Waals surface area contributed by atoms with Crippen molar-refractivity contribution in [1.82, 2.24) is 10.3 Å². The summed E-state index contributed by atoms with van der Waals surface area (Å²) >= 11 is 0. The number of aldehydes is 1. The van der Waals surface area contributed by atoms with Gasteiger partial charge in [-0.05, 0) is 24.3 Å². The zero-order chi connectivity index (χ0) is 14.1. The molecule has 0 spiro atoms. The van der Waals surface area contributed by atoms with Crippen LogP contribution in [0.5, 0.6) is 0 Å². The van der Waals surface area contributed by atoms with Crippen LogP contribution in [0, 0.1) is 0 Å². The number of urea groups is 1. The minimum absolute atomic E-state index is 0.266. The molecule has 1 aliphatic heterocycles. The lowest BCUT2D eigenvalue weighted by atomic mass is 10.1. The summed E-state index contributed by atoms with van der Waals surface area (Å²) in [6, 6.07) is 8.26. The number of aromatic nitrogens is 1. The standard InChI is InChI=1S/C14H11N3O3/c18-8-9-4-5-10-11(15-9)2-1-3-12(10)17-7-6-13(19)16-14(17)20/h1-5,8H,6-7H2,(H,16,19,20). The first-order valence-corrected chi connectivity index (χ1v) is 6.15. The number of fused-ring (bicyclic) bond motifs is 1. The van der Waals surface area contributed by atoms with Gasteiger partial charge in [0.05, 0.1) is 11.2 Å². The largest absolute Gasteiger partial charge is 0.328 e. The molecule has 1 N–H and O–H groups in total. The third-order valence-corrected chi connectivity index (χ3v) is 3.20. The molecule has 1 fully saturated rings. The number of carbonyl (C=O) groups is 3. The van der Waals surface area contributed by atoms with Gasteiger partial charge in [0.15, 0.2) is 6.29 Å². The second kappa shape index (κ2) is 4.73. The van der Waals surface area contributed by atoms with E-state index in [2.05, 4.69) is 10.3 Å². The molecule has 0 radical (unpaired) electrons. The topological polar surface area (TPSA) is 79.4 Å². The van der Waals surface area contributed by atoms with E-state index >= 15 is 0 Å². The summed E-state index contributed by atoms with van der Waals surface area (Å²) in [7, 11) is 0. The number of nitrogens with zero attached hydrogens (tertiary/aromatic N) is 2. The monoisotopic (exact) mass is 269 g/mol. The van der Waals surface area contributed by atoms with Gasteiger partial charge in [-0.2, -0.15) is 0 Å². The van der Waals surface area contributed by atoms with E-state index in [-0.39, 0.29) is 12.3 Å². The van der Waals surface area contributed by atoms with E-state index in [9.17, 15) is 14.4 Å². The van der Waals surface area contributed by atoms with Gasteiger partial charge >= 0.3 is 6.03 Å². The first kappa shape index (κ1) is 12.3. The van der Waals surface area contributed by atoms with Gasteiger partial charge in [0.2, 0.25) is 5.91 Å². The van der Waals surface area contributed by atoms with Gasteiger partial charge < -0.3 is 0 Å². The Hall–Kier alpha value is -2.76. The number of benzene rings is 1. The molecular weight excluding hydrogens is 258 g/mol. The van der Waals surface area contributed by atoms with E-state index in [1.165, 1.54) is 4.90 Å². The molecule has 1 aromatic heterocycles. The zero-order valence-corrected chi connectivity index (χ0v) is 10.5. The molecule has 2 aromatic rings. The van der Waals surface area contributed by atoms with Gasteiger partial charge in [-0.15, -0.1) is 0 Å². The third-order valence-electron chi connectivity index (χ3n) is 3.20. The first-order valence-electron chi connectivity index (χ1n) is 6.15. The van der Waals surface area contributed by atoms with Crippen LogP contribution in [0.15, 0.2) is 30.3 Å². The molecule has 100 valence electrons. The third kappa shape index (κ3) is 2.01. The predicted octanol–water partition coefficient (Wildman–Crippen LogP) is 1.49. The minimum atomic E-state index is -0.437. The molecule has 20 heavy (non-hydrogen) atoms. The quantitative estimate of drug-likeness (QED) is 0.838. The van der Waals surface area contributed by atoms with Crippen molar-refractivity contribution in [2.24, 2.45) is 0 Å². The van der Waals surface area contributed by atoms with Crippen LogP contribution in [-0.2, 0) is 4.79 Å². The van der Waals surface area contributed by atoms with Gasteiger partial charge in [0, 0.05) is 18.4 Å². The fourth-order valence-electron chi connectivity index (χ4n) is 2.25. The Morgan fingerprint density at radius 2 is 2.05 bits per heavy atom. The second-order valence-corrected chi connectivity index (χ2v) is 4.45. The maximum atomic E-state index is 11.9. The smallest absolute Gasteiger partial charge is 0.296 e. The molecule has 3 rings (SSSR count). The number of pyridine rings is 1. The van der Waals surface area contributed by atoms with Crippen molar-refractivity contribution >= 4 is 34.8 Å². The van der Waals surface area contributed by atoms with Crippen molar-refractivity contribution in [3.8, 4) is 0 Å². The molecule has 1 aromatic carbocycles. The minimum Gasteiger partial charge on any atom is -0.296 e. The molecule has 1 saturated heterocycles. The molecule has 0 atom stereocenters. The van der Waals surface area contributed by atoms with Crippen LogP contribution in [-0.4, -0.2) is 29.8 Å². The Morgan fingerprint density at radius 3 is 2.80 bits per heavy atom. The van der Waals surface area contributed by atoms with Crippen molar-refractivity contribution in [2.75, 3.05) is 11.4 Å². The van der Waals surface area contributed by atoms with Crippen molar-refractivity contribution in [3.63, 3.8) is 0 Å². The Morgan fingerprint density at radius 1 is 1.20 bits per heavy atom. The van der Waals surface area contributed by atoms with Gasteiger partial charge in [-0.1, -0.05) is 6.07 Å². The lowest BCUT2D eigenvalue weighted by Crippen LogP contribution is -2.49. The van der Waals surface area contributed by atoms with Crippen molar-refractivity contribution < 1.29 is 14.4 Å². The molecule has 0 unspecified atom stereocenters. The van der Waals surface area contributed by atoms with Crippen molar-refractivity contribution in [3.05, 3.63) is 36.0 Å². The van der Waals surface area contributed by atoms with Gasteiger partial charge in [-0.3, -0.25) is 19.8 Å². The summed E-state index contributed by atoms with van der Waals surface area (Å²) in [5, 5.41) is 3.05. The maximum Gasteiger partial charge on any atom is 0.328 e. The summed E-state index contributed by atoms with van der Waals surface area (Å²) in [4.78, 5) is 39.5. The number of nitrogens with one attached hydrogen (secondary N) is 1. The van der Waals surface area contributed by atoms with E-state index in [0.29, 0.717) is 29.7 Å². The summed E-state index contributed by atoms with van der Waals surface area (Å²) in [5.74, 6) is -0.271. The predicted molar refractivity (Wildman–Crippen MR) is 72.6 cm³/mol. The number of amides is 3. The highest BCUT2D eigenvalue weighted by atomic mass is 16.2. The van der Waals surface area contributed by atoms with Gasteiger partial charge in [-0.25, -0.2) is 9.78 Å². The second-order valence-electron chi connectivity index (χ2n) is 4.45. The average Bonchev–Trinajstić information content (AvgIpc) is 2.46. The normalized spacial score (nSPS) is 15.3. The van der Waals surface area contributed by atoms with Crippen molar-refractivity contribution in [2.45, 2.75) is 6.42 Å². The molecular formula is C14H11N3O3. The number of imide groups is 1. The maximum absolute atomic E-state index is 11.9. The van der Waals surface area contributed by atoms with E-state index in [0.717, 1.165) is 5.39 Å². The molecule has 0 aliphatic carbocycles. The summed E-state index contributed by atoms with van der Waals surface area (Å²) in [6.45, 7) is 0.333. The Bertz CT molecular complexity index is 727. The number of hydrogen-bond acceptors (Lipinski definition) is 4. The molecule has 2 heterocycles. The first-order chi connectivity index (χ1) is 9.69. The molecule has 6 nitrogen and oxygen atoms in total. The molecule has 0 saturated carbocycles. The molecule has 6 heteroatoms. The number of hydrogen-bond donors (Lipinski definition) is 1. The number of rotatable bonds is 2. The lowest BCUT2D eigenvalue weighted by molar-refractivity contribution is -0.120. The summed E-state index contributed by atoms with van der Waals surface area (Å²) < 4.78 is 0. The van der Waals surface area contributed by atoms with E-state index in [4.69, 9.17) is 0 Å². The Labute approximate surface area is 114 Å². The molecule has 1 aliphatic rings. The van der Waals surface area contributed by atoms with Crippen molar-refractivity contribution in [1.29, 1.82) is 0 Å². The van der Waals surface area contributed by atoms with Gasteiger partial charge in [0.1, 0.15) is 5.69 Å². The summed E-state index contributed by atoms with van der Waals surface area (Å²) in [6.07, 6.45) is 0.945. The van der Waals surface area contributed by atoms with Crippen LogP contribution in [0.1, 0.15) is 16.9 Å². The Balaban J connectivity index is 2.09. The average molecular weight is 269 g/mol. The highest BCUT2D eigenvalue weighted by molar-refractivity contribution is 6.09. The number of carbonyl (C=O) groups excluding carboxylic acids is 3. The molecule has 3 amide bonds. The highest BCUT2D eigenvalue weighted by Crippen LogP contribution is 2.27. The fourth-order valence-corrected chi connectivity index (χ4v) is 2.25. The van der Waals surface area contributed by atoms with E-state index in [1.807, 2.05) is 0 Å². The van der Waals surface area contributed by atoms with E-state index in [1.54, 1.807) is 30.3 Å². The molecule has 0 bridgehead atoms. The lowest BCUT2D eigenvalue weighted by Gasteiger charge is -2.27. The van der Waals surface area contributed by atoms with Crippen LogP contribution in [0.4, 0.5) is 10.5 Å². The SMILES string of the molecule is O=Cc1ccc2c(N3CCC(=O)NC3=O)cccc2n1. The van der Waals surface area contributed by atoms with Crippen LogP contribution >= 0.6 is 0 Å². The Kier molecular flexibility index (Phi) is 2.90. The summed E-state index contributed by atoms with van der Waals surface area (Å²) in [5.41, 5.74) is 1.65. The van der Waals surface area contributed by atoms with Crippen LogP contribution in [0.3, 0.4) is 0 Å².